The largest absolute Gasteiger partial charge is 0.366 e. The van der Waals surface area contributed by atoms with Crippen molar-refractivity contribution in [3.8, 4) is 0 Å². The Morgan fingerprint density at radius 3 is 2.84 bits per heavy atom. The lowest BCUT2D eigenvalue weighted by Gasteiger charge is -2.12. The second-order valence-electron chi connectivity index (χ2n) is 5.11. The Labute approximate surface area is 114 Å². The van der Waals surface area contributed by atoms with Gasteiger partial charge < -0.3 is 5.32 Å². The average molecular weight is 261 g/mol. The number of aryl methyl sites for hydroxylation is 2. The maximum atomic E-state index is 4.51. The number of anilines is 1. The van der Waals surface area contributed by atoms with E-state index >= 15 is 0 Å². The highest BCUT2D eigenvalue weighted by Crippen LogP contribution is 2.15. The fourth-order valence-electron chi connectivity index (χ4n) is 2.13. The number of nitrogens with one attached hydrogen (secondary N) is 1. The Morgan fingerprint density at radius 1 is 1.37 bits per heavy atom. The first-order valence-electron chi connectivity index (χ1n) is 6.92. The number of hydrogen-bond acceptors (Lipinski definition) is 3. The molecule has 1 N–H and O–H groups in total. The summed E-state index contributed by atoms with van der Waals surface area (Å²) in [6, 6.07) is 2.37. The summed E-state index contributed by atoms with van der Waals surface area (Å²) < 4.78 is 4.01. The molecule has 2 aromatic rings. The highest BCUT2D eigenvalue weighted by Gasteiger charge is 2.08. The summed E-state index contributed by atoms with van der Waals surface area (Å²) >= 11 is 0. The molecule has 0 unspecified atom stereocenters. The monoisotopic (exact) mass is 261 g/mol. The van der Waals surface area contributed by atoms with Gasteiger partial charge in [0.1, 0.15) is 5.82 Å². The molecule has 0 aliphatic carbocycles. The molecule has 0 aromatic carbocycles. The minimum atomic E-state index is 0.362. The van der Waals surface area contributed by atoms with Crippen molar-refractivity contribution in [1.29, 1.82) is 0 Å². The van der Waals surface area contributed by atoms with Gasteiger partial charge in [-0.25, -0.2) is 4.68 Å². The summed E-state index contributed by atoms with van der Waals surface area (Å²) in [5, 5.41) is 12.3. The van der Waals surface area contributed by atoms with Crippen LogP contribution in [0.2, 0.25) is 0 Å². The van der Waals surface area contributed by atoms with Crippen LogP contribution in [0.5, 0.6) is 0 Å². The predicted molar refractivity (Wildman–Crippen MR) is 77.2 cm³/mol. The molecule has 19 heavy (non-hydrogen) atoms. The Balaban J connectivity index is 2.04. The van der Waals surface area contributed by atoms with Gasteiger partial charge in [-0.1, -0.05) is 6.92 Å². The lowest BCUT2D eigenvalue weighted by molar-refractivity contribution is 0.537. The van der Waals surface area contributed by atoms with Crippen molar-refractivity contribution in [3.05, 3.63) is 29.7 Å². The van der Waals surface area contributed by atoms with Crippen LogP contribution in [0.1, 0.15) is 44.5 Å². The Bertz CT molecular complexity index is 524. The van der Waals surface area contributed by atoms with Gasteiger partial charge in [0, 0.05) is 37.0 Å². The van der Waals surface area contributed by atoms with E-state index in [1.165, 1.54) is 5.56 Å². The third-order valence-corrected chi connectivity index (χ3v) is 3.12. The fraction of sp³-hybridized carbons (Fsp3) is 0.571. The molecule has 0 aliphatic rings. The van der Waals surface area contributed by atoms with Gasteiger partial charge in [-0.3, -0.25) is 4.68 Å². The van der Waals surface area contributed by atoms with E-state index in [0.29, 0.717) is 6.04 Å². The molecule has 0 atom stereocenters. The fourth-order valence-corrected chi connectivity index (χ4v) is 2.13. The normalized spacial score (nSPS) is 11.2. The van der Waals surface area contributed by atoms with Crippen molar-refractivity contribution in [3.63, 3.8) is 0 Å². The van der Waals surface area contributed by atoms with Crippen molar-refractivity contribution < 1.29 is 0 Å². The summed E-state index contributed by atoms with van der Waals surface area (Å²) in [5.74, 6) is 1.05. The van der Waals surface area contributed by atoms with Crippen molar-refractivity contribution in [2.75, 3.05) is 5.32 Å². The van der Waals surface area contributed by atoms with E-state index in [4.69, 9.17) is 0 Å². The quantitative estimate of drug-likeness (QED) is 0.869. The first-order chi connectivity index (χ1) is 9.11. The third-order valence-electron chi connectivity index (χ3n) is 3.12. The van der Waals surface area contributed by atoms with Gasteiger partial charge in [0.15, 0.2) is 0 Å². The van der Waals surface area contributed by atoms with Crippen molar-refractivity contribution in [1.82, 2.24) is 19.6 Å². The van der Waals surface area contributed by atoms with E-state index in [0.717, 1.165) is 31.0 Å². The summed E-state index contributed by atoms with van der Waals surface area (Å²) in [6.45, 7) is 10.2. The topological polar surface area (TPSA) is 47.7 Å². The second-order valence-corrected chi connectivity index (χ2v) is 5.11. The van der Waals surface area contributed by atoms with Crippen LogP contribution in [0.3, 0.4) is 0 Å². The van der Waals surface area contributed by atoms with E-state index in [1.807, 2.05) is 21.6 Å². The van der Waals surface area contributed by atoms with Crippen LogP contribution in [0.4, 0.5) is 5.82 Å². The van der Waals surface area contributed by atoms with E-state index in [9.17, 15) is 0 Å². The summed E-state index contributed by atoms with van der Waals surface area (Å²) in [5.41, 5.74) is 2.33. The maximum Gasteiger partial charge on any atom is 0.124 e. The molecule has 0 bridgehead atoms. The SMILES string of the molecule is CCCn1cc(CNc2ccnn2C(C)C)c(C)n1. The van der Waals surface area contributed by atoms with E-state index in [-0.39, 0.29) is 0 Å². The first kappa shape index (κ1) is 13.6. The summed E-state index contributed by atoms with van der Waals surface area (Å²) in [6.07, 6.45) is 5.06. The maximum absolute atomic E-state index is 4.51. The summed E-state index contributed by atoms with van der Waals surface area (Å²) in [7, 11) is 0. The molecule has 0 fully saturated rings. The number of hydrogen-bond donors (Lipinski definition) is 1. The first-order valence-corrected chi connectivity index (χ1v) is 6.92. The standard InChI is InChI=1S/C14H23N5/c1-5-8-18-10-13(12(4)17-18)9-15-14-6-7-16-19(14)11(2)3/h6-7,10-11,15H,5,8-9H2,1-4H3. The zero-order chi connectivity index (χ0) is 13.8. The molecular formula is C14H23N5. The number of aromatic nitrogens is 4. The molecule has 0 spiro atoms. The Hall–Kier alpha value is -1.78. The Kier molecular flexibility index (Phi) is 4.24. The van der Waals surface area contributed by atoms with Crippen molar-refractivity contribution in [2.24, 2.45) is 0 Å². The Morgan fingerprint density at radius 2 is 2.16 bits per heavy atom. The number of nitrogens with zero attached hydrogens (tertiary/aromatic N) is 4. The molecule has 0 aliphatic heterocycles. The van der Waals surface area contributed by atoms with Crippen LogP contribution >= 0.6 is 0 Å². The highest BCUT2D eigenvalue weighted by atomic mass is 15.3. The van der Waals surface area contributed by atoms with Crippen molar-refractivity contribution >= 4 is 5.82 Å². The lowest BCUT2D eigenvalue weighted by atomic mass is 10.2. The highest BCUT2D eigenvalue weighted by molar-refractivity contribution is 5.36. The second kappa shape index (κ2) is 5.91. The molecule has 0 saturated carbocycles. The molecule has 5 nitrogen and oxygen atoms in total. The molecule has 2 aromatic heterocycles. The number of rotatable bonds is 6. The van der Waals surface area contributed by atoms with E-state index in [1.54, 1.807) is 0 Å². The van der Waals surface area contributed by atoms with Crippen LogP contribution in [0, 0.1) is 6.92 Å². The van der Waals surface area contributed by atoms with Gasteiger partial charge >= 0.3 is 0 Å². The van der Waals surface area contributed by atoms with Gasteiger partial charge in [0.2, 0.25) is 0 Å². The molecule has 5 heteroatoms. The van der Waals surface area contributed by atoms with Gasteiger partial charge in [-0.05, 0) is 27.2 Å². The molecular weight excluding hydrogens is 238 g/mol. The van der Waals surface area contributed by atoms with Crippen LogP contribution in [0.25, 0.3) is 0 Å². The summed E-state index contributed by atoms with van der Waals surface area (Å²) in [4.78, 5) is 0. The van der Waals surface area contributed by atoms with E-state index in [2.05, 4.69) is 49.4 Å². The molecule has 0 amide bonds. The van der Waals surface area contributed by atoms with Crippen LogP contribution in [-0.4, -0.2) is 19.6 Å². The minimum absolute atomic E-state index is 0.362. The van der Waals surface area contributed by atoms with Gasteiger partial charge in [-0.2, -0.15) is 10.2 Å². The minimum Gasteiger partial charge on any atom is -0.366 e. The molecule has 104 valence electrons. The van der Waals surface area contributed by atoms with Crippen LogP contribution in [-0.2, 0) is 13.1 Å². The van der Waals surface area contributed by atoms with Crippen LogP contribution in [0.15, 0.2) is 18.5 Å². The van der Waals surface area contributed by atoms with Crippen LogP contribution < -0.4 is 5.32 Å². The molecule has 0 saturated heterocycles. The van der Waals surface area contributed by atoms with E-state index < -0.39 is 0 Å². The zero-order valence-electron chi connectivity index (χ0n) is 12.2. The molecule has 2 rings (SSSR count). The van der Waals surface area contributed by atoms with Gasteiger partial charge in [0.05, 0.1) is 11.9 Å². The van der Waals surface area contributed by atoms with Crippen molar-refractivity contribution in [2.45, 2.75) is 53.2 Å². The smallest absolute Gasteiger partial charge is 0.124 e. The third kappa shape index (κ3) is 3.16. The predicted octanol–water partition coefficient (Wildman–Crippen LogP) is 2.99. The van der Waals surface area contributed by atoms with Gasteiger partial charge in [-0.15, -0.1) is 0 Å². The molecule has 0 radical (unpaired) electrons. The zero-order valence-corrected chi connectivity index (χ0v) is 12.2. The average Bonchev–Trinajstić information content (AvgIpc) is 2.94. The van der Waals surface area contributed by atoms with Gasteiger partial charge in [0.25, 0.3) is 0 Å². The lowest BCUT2D eigenvalue weighted by Crippen LogP contribution is -2.09. The molecule has 2 heterocycles.